The third-order valence-electron chi connectivity index (χ3n) is 4.86. The Morgan fingerprint density at radius 1 is 1.10 bits per heavy atom. The van der Waals surface area contributed by atoms with Crippen LogP contribution in [0, 0.1) is 23.1 Å². The van der Waals surface area contributed by atoms with Crippen molar-refractivity contribution in [2.75, 3.05) is 11.4 Å². The lowest BCUT2D eigenvalue weighted by atomic mass is 9.52. The molecule has 0 aromatic heterocycles. The van der Waals surface area contributed by atoms with Crippen LogP contribution < -0.4 is 0 Å². The minimum Gasteiger partial charge on any atom is -0.508 e. The molecule has 3 nitrogen and oxygen atoms in total. The number of hydrogen-bond acceptors (Lipinski definition) is 3. The number of benzene rings is 1. The summed E-state index contributed by atoms with van der Waals surface area (Å²) >= 11 is 0. The van der Waals surface area contributed by atoms with Gasteiger partial charge in [0.25, 0.3) is 1.43 Å². The lowest BCUT2D eigenvalue weighted by molar-refractivity contribution is -0.284. The average Bonchev–Trinajstić information content (AvgIpc) is 3.42. The number of fused-ring (bicyclic) bond motifs is 5. The van der Waals surface area contributed by atoms with Gasteiger partial charge in [0.2, 0.25) is 1.43 Å². The molecular formula is C32H47F5O3S. The highest BCUT2D eigenvalue weighted by Gasteiger charge is 2.57. The Hall–Kier alpha value is -1.22. The zero-order chi connectivity index (χ0) is 71.5. The van der Waals surface area contributed by atoms with Crippen LogP contribution in [0.5, 0.6) is 5.75 Å². The summed E-state index contributed by atoms with van der Waals surface area (Å²) in [5, 5.41) is 8.17. The van der Waals surface area contributed by atoms with Gasteiger partial charge < -0.3 is 10.2 Å². The Bertz CT molecular complexity index is 3030. The molecular weight excluding hydrogens is 559 g/mol. The van der Waals surface area contributed by atoms with E-state index in [2.05, 4.69) is 10.2 Å². The highest BCUT2D eigenvalue weighted by molar-refractivity contribution is 7.84. The molecule has 0 heterocycles. The van der Waals surface area contributed by atoms with Crippen LogP contribution in [0.4, 0.5) is 22.0 Å². The summed E-state index contributed by atoms with van der Waals surface area (Å²) in [7, 11) is -5.40. The van der Waals surface area contributed by atoms with Gasteiger partial charge in [0.1, 0.15) is 5.75 Å². The summed E-state index contributed by atoms with van der Waals surface area (Å²) in [6.45, 7) is -5.29. The van der Waals surface area contributed by atoms with E-state index in [1.54, 1.807) is 0 Å². The second-order valence-electron chi connectivity index (χ2n) is 7.45. The molecule has 4 rings (SSSR count). The van der Waals surface area contributed by atoms with Crippen molar-refractivity contribution in [2.24, 2.45) is 23.1 Å². The number of hydrogen-bond donors (Lipinski definition) is 2. The van der Waals surface area contributed by atoms with Crippen LogP contribution >= 0.6 is 0 Å². The van der Waals surface area contributed by atoms with Crippen molar-refractivity contribution in [3.05, 3.63) is 29.3 Å². The predicted octanol–water partition coefficient (Wildman–Crippen LogP) is 8.68. The SMILES string of the molecule is [2H]Oc1c([2H])c([2H])c2c(c1[2H])C([2H])([2H])[C@@]([2H])(C([2H])([2H])C([2H])([2H])C([2H])([2H])C([2H])([2H])C([2H])([2H])C([2H])([2H])C([2H])([2H])C([2H])([2H])C([2H])([2H])S(=O)C([2H])([2H])C([2H])([2H])C([2H])([2H])C(F)(F)C(F)(F)F)[C@@]1([2H])[C@]3([2H])C([2H])([2H])C([2H])([2H])[C@]([2H])(O[2H])[C@@]3(C([2H])([2H])[2H])C([2H])([2H])C([2H])([2H])[C@]21[2H]. The minimum absolute atomic E-state index is 1.82. The zero-order valence-electron chi connectivity index (χ0n) is 66.5. The molecule has 0 amide bonds. The van der Waals surface area contributed by atoms with Gasteiger partial charge >= 0.3 is 12.1 Å². The maximum absolute atomic E-state index is 14.4. The maximum atomic E-state index is 14.4. The molecule has 1 aromatic carbocycles. The highest BCUT2D eigenvalue weighted by Crippen LogP contribution is 2.62. The molecule has 41 heavy (non-hydrogen) atoms. The van der Waals surface area contributed by atoms with Crippen LogP contribution in [0.25, 0.3) is 0 Å². The Labute approximate surface area is 310 Å². The van der Waals surface area contributed by atoms with Crippen LogP contribution in [-0.4, -0.2) is 46.9 Å². The molecule has 3 aliphatic carbocycles. The summed E-state index contributed by atoms with van der Waals surface area (Å²) in [4.78, 5) is 0. The van der Waals surface area contributed by atoms with Gasteiger partial charge in [-0.2, -0.15) is 22.0 Å². The first-order chi connectivity index (χ1) is 37.6. The molecule has 0 bridgehead atoms. The van der Waals surface area contributed by atoms with Crippen molar-refractivity contribution in [2.45, 2.75) is 127 Å². The molecule has 234 valence electrons. The zero-order valence-corrected chi connectivity index (χ0v) is 20.3. The average molecular weight is 654 g/mol. The summed E-state index contributed by atoms with van der Waals surface area (Å²) in [5.74, 6) is -32.6. The third-order valence-corrected chi connectivity index (χ3v) is 5.43. The molecule has 0 aliphatic heterocycles. The summed E-state index contributed by atoms with van der Waals surface area (Å²) in [5.41, 5.74) is -21.5. The van der Waals surface area contributed by atoms with Crippen molar-refractivity contribution >= 4 is 10.8 Å². The maximum Gasteiger partial charge on any atom is 0.453 e. The standard InChI is InChI=1S/C32H47F5O3S/c1-30-17-15-26-25-12-11-24(38)21-23(25)20-22(29(26)27(30)13-14-28(30)39)10-7-5-3-2-4-6-8-18-41(40)19-9-16-31(33,34)32(35,36)37/h11-12,21-22,26-29,38-39H,2-10,13-20H2,1H3/t22-,26-,27+,28+,29-,30+,41?/m1/s1/i1D3,2D2,3D2,4D2,5D2,6D2,7D2,8D2,9D2,10D2,11D,12D,13D2,14D2,15D2,16D2,17D2,18D2,19D2,20D2,21D,22D,26D,27D,28D,29D,39D/hD. The predicted molar refractivity (Wildman–Crippen MR) is 153 cm³/mol. The normalized spacial score (nSPS) is 66.8. The first kappa shape index (κ1) is 7.42. The Balaban J connectivity index is 2.31. The van der Waals surface area contributed by atoms with E-state index in [0.717, 1.165) is 0 Å². The van der Waals surface area contributed by atoms with Gasteiger partial charge in [-0.3, -0.25) is 4.21 Å². The van der Waals surface area contributed by atoms with Gasteiger partial charge in [-0.15, -0.1) is 0 Å². The van der Waals surface area contributed by atoms with E-state index in [-0.39, 0.29) is 0 Å². The van der Waals surface area contributed by atoms with E-state index >= 15 is 0 Å². The fourth-order valence-electron chi connectivity index (χ4n) is 3.09. The number of aromatic hydroxyl groups is 1. The second-order valence-corrected chi connectivity index (χ2v) is 8.40. The molecule has 1 unspecified atom stereocenters. The van der Waals surface area contributed by atoms with Gasteiger partial charge in [-0.1, -0.05) is 51.1 Å². The molecule has 2 N–H and O–H groups in total. The Morgan fingerprint density at radius 2 is 1.83 bits per heavy atom. The fraction of sp³-hybridized carbons (Fsp3) is 0.812. The van der Waals surface area contributed by atoms with E-state index in [4.69, 9.17) is 45.4 Å². The van der Waals surface area contributed by atoms with E-state index in [9.17, 15) is 45.4 Å². The van der Waals surface area contributed by atoms with Gasteiger partial charge in [0.05, 0.1) is 11.6 Å². The highest BCUT2D eigenvalue weighted by atomic mass is 32.2. The van der Waals surface area contributed by atoms with Crippen molar-refractivity contribution in [3.63, 3.8) is 0 Å². The second kappa shape index (κ2) is 13.6. The van der Waals surface area contributed by atoms with Gasteiger partial charge in [0.15, 0.2) is 0 Å². The number of phenols is 1. The van der Waals surface area contributed by atoms with E-state index in [1.165, 1.54) is 0 Å². The van der Waals surface area contributed by atoms with Crippen molar-refractivity contribution in [3.8, 4) is 5.75 Å². The molecule has 1 aromatic rings. The first-order valence-corrected chi connectivity index (χ1v) is 11.6. The molecule has 0 spiro atoms. The van der Waals surface area contributed by atoms with Gasteiger partial charge in [-0.25, -0.2) is 0 Å². The summed E-state index contributed by atoms with van der Waals surface area (Å²) < 4.78 is 494. The van der Waals surface area contributed by atoms with Crippen LogP contribution in [0.1, 0.15) is 175 Å². The van der Waals surface area contributed by atoms with Crippen molar-refractivity contribution in [1.82, 2.24) is 0 Å². The number of aliphatic hydroxyl groups is 1. The monoisotopic (exact) mass is 654 g/mol. The number of phenolic OH excluding ortho intramolecular Hbond substituents is 1. The third kappa shape index (κ3) is 7.66. The van der Waals surface area contributed by atoms with E-state index in [1.807, 2.05) is 0 Å². The molecule has 0 radical (unpaired) electrons. The van der Waals surface area contributed by atoms with Crippen LogP contribution in [0.15, 0.2) is 18.1 Å². The largest absolute Gasteiger partial charge is 0.508 e. The van der Waals surface area contributed by atoms with Crippen LogP contribution in [0.2, 0.25) is 0 Å². The van der Waals surface area contributed by atoms with E-state index < -0.39 is 207 Å². The Kier molecular flexibility index (Phi) is 2.46. The van der Waals surface area contributed by atoms with Crippen LogP contribution in [0.3, 0.4) is 0 Å². The topological polar surface area (TPSA) is 57.5 Å². The number of alkyl halides is 5. The molecule has 7 atom stereocenters. The molecule has 0 saturated heterocycles. The Morgan fingerprint density at radius 3 is 2.54 bits per heavy atom. The summed E-state index contributed by atoms with van der Waals surface area (Å²) in [6, 6.07) is -6.18. The first-order valence-electron chi connectivity index (χ1n) is 33.7. The molecule has 2 saturated carbocycles. The lowest BCUT2D eigenvalue weighted by Gasteiger charge is -2.53. The quantitative estimate of drug-likeness (QED) is 0.176. The smallest absolute Gasteiger partial charge is 0.453 e. The molecule has 3 aliphatic rings. The minimum atomic E-state index is -7.18. The molecule has 2 fully saturated rings. The number of rotatable bonds is 16. The number of halogens is 5. The molecule has 9 heteroatoms. The van der Waals surface area contributed by atoms with Gasteiger partial charge in [-0.05, 0) is 103 Å². The summed E-state index contributed by atoms with van der Waals surface area (Å²) in [6.07, 6.45) is -98.4. The van der Waals surface area contributed by atoms with Crippen LogP contribution in [-0.2, 0) is 17.2 Å². The van der Waals surface area contributed by atoms with Gasteiger partial charge in [0, 0.05) is 84.8 Å². The lowest BCUT2D eigenvalue weighted by Crippen LogP contribution is -2.47. The van der Waals surface area contributed by atoms with Crippen molar-refractivity contribution in [1.29, 1.82) is 2.86 Å². The fourth-order valence-corrected chi connectivity index (χ4v) is 3.43. The van der Waals surface area contributed by atoms with Crippen molar-refractivity contribution < 1.29 is 98.1 Å². The van der Waals surface area contributed by atoms with E-state index in [0.29, 0.717) is 0 Å².